The predicted molar refractivity (Wildman–Crippen MR) is 72.6 cm³/mol. The van der Waals surface area contributed by atoms with Crippen molar-refractivity contribution < 1.29 is 0 Å². The highest BCUT2D eigenvalue weighted by molar-refractivity contribution is 5.42. The smallest absolute Gasteiger partial charge is 0.151 e. The maximum Gasteiger partial charge on any atom is 0.151 e. The number of hydrogen-bond acceptors (Lipinski definition) is 4. The Labute approximate surface area is 109 Å². The summed E-state index contributed by atoms with van der Waals surface area (Å²) in [5.41, 5.74) is 8.57. The van der Waals surface area contributed by atoms with Crippen LogP contribution in [0.15, 0.2) is 6.07 Å². The van der Waals surface area contributed by atoms with Gasteiger partial charge in [0.25, 0.3) is 0 Å². The van der Waals surface area contributed by atoms with Crippen LogP contribution in [0.3, 0.4) is 0 Å². The zero-order chi connectivity index (χ0) is 12.5. The SMILES string of the molecule is C[C@@H]1CCc2nnc(N3CCC(N)CC3)cc2C1. The number of hydrogen-bond donors (Lipinski definition) is 1. The summed E-state index contributed by atoms with van der Waals surface area (Å²) >= 11 is 0. The second-order valence-electron chi connectivity index (χ2n) is 5.85. The van der Waals surface area contributed by atoms with E-state index in [0.29, 0.717) is 6.04 Å². The van der Waals surface area contributed by atoms with Crippen molar-refractivity contribution in [2.75, 3.05) is 18.0 Å². The first-order chi connectivity index (χ1) is 8.72. The number of aryl methyl sites for hydroxylation is 1. The van der Waals surface area contributed by atoms with Crippen molar-refractivity contribution >= 4 is 5.82 Å². The van der Waals surface area contributed by atoms with E-state index < -0.39 is 0 Å². The molecule has 0 unspecified atom stereocenters. The van der Waals surface area contributed by atoms with Gasteiger partial charge in [0, 0.05) is 19.1 Å². The fourth-order valence-corrected chi connectivity index (χ4v) is 2.97. The summed E-state index contributed by atoms with van der Waals surface area (Å²) in [4.78, 5) is 2.33. The number of anilines is 1. The molecule has 1 atom stereocenters. The Bertz CT molecular complexity index is 424. The Morgan fingerprint density at radius 1 is 1.22 bits per heavy atom. The topological polar surface area (TPSA) is 55.0 Å². The van der Waals surface area contributed by atoms with E-state index in [1.807, 2.05) is 0 Å². The van der Waals surface area contributed by atoms with E-state index in [4.69, 9.17) is 5.73 Å². The molecule has 98 valence electrons. The van der Waals surface area contributed by atoms with Crippen LogP contribution in [0.25, 0.3) is 0 Å². The van der Waals surface area contributed by atoms with Crippen LogP contribution in [0.5, 0.6) is 0 Å². The molecule has 2 heterocycles. The second kappa shape index (κ2) is 4.84. The lowest BCUT2D eigenvalue weighted by atomic mass is 9.88. The summed E-state index contributed by atoms with van der Waals surface area (Å²) in [5.74, 6) is 1.83. The van der Waals surface area contributed by atoms with E-state index in [2.05, 4.69) is 28.1 Å². The lowest BCUT2D eigenvalue weighted by Gasteiger charge is -2.31. The highest BCUT2D eigenvalue weighted by Gasteiger charge is 2.21. The van der Waals surface area contributed by atoms with Gasteiger partial charge >= 0.3 is 0 Å². The third-order valence-electron chi connectivity index (χ3n) is 4.25. The molecule has 0 spiro atoms. The Balaban J connectivity index is 1.79. The fourth-order valence-electron chi connectivity index (χ4n) is 2.97. The number of nitrogens with zero attached hydrogens (tertiary/aromatic N) is 3. The predicted octanol–water partition coefficient (Wildman–Crippen LogP) is 1.53. The van der Waals surface area contributed by atoms with Crippen molar-refractivity contribution in [2.45, 2.75) is 45.1 Å². The molecule has 4 heteroatoms. The van der Waals surface area contributed by atoms with Crippen LogP contribution in [-0.4, -0.2) is 29.3 Å². The van der Waals surface area contributed by atoms with Crippen molar-refractivity contribution in [1.82, 2.24) is 10.2 Å². The molecular formula is C14H22N4. The lowest BCUT2D eigenvalue weighted by molar-refractivity contribution is 0.482. The molecule has 1 saturated heterocycles. The minimum atomic E-state index is 0.367. The minimum absolute atomic E-state index is 0.367. The van der Waals surface area contributed by atoms with Gasteiger partial charge in [-0.2, -0.15) is 5.10 Å². The first kappa shape index (κ1) is 11.9. The van der Waals surface area contributed by atoms with Crippen LogP contribution in [0.1, 0.15) is 37.4 Å². The molecule has 1 aromatic heterocycles. The number of nitrogens with two attached hydrogens (primary N) is 1. The fraction of sp³-hybridized carbons (Fsp3) is 0.714. The van der Waals surface area contributed by atoms with Gasteiger partial charge in [-0.05, 0) is 49.7 Å². The quantitative estimate of drug-likeness (QED) is 0.816. The van der Waals surface area contributed by atoms with Gasteiger partial charge in [0.2, 0.25) is 0 Å². The van der Waals surface area contributed by atoms with E-state index in [0.717, 1.165) is 50.5 Å². The number of aromatic nitrogens is 2. The van der Waals surface area contributed by atoms with Gasteiger partial charge in [0.15, 0.2) is 5.82 Å². The Hall–Kier alpha value is -1.16. The third-order valence-corrected chi connectivity index (χ3v) is 4.25. The molecule has 18 heavy (non-hydrogen) atoms. The molecule has 3 rings (SSSR count). The molecule has 0 radical (unpaired) electrons. The van der Waals surface area contributed by atoms with Crippen LogP contribution in [0.2, 0.25) is 0 Å². The number of fused-ring (bicyclic) bond motifs is 1. The first-order valence-corrected chi connectivity index (χ1v) is 7.08. The molecule has 1 aliphatic heterocycles. The summed E-state index contributed by atoms with van der Waals surface area (Å²) in [7, 11) is 0. The largest absolute Gasteiger partial charge is 0.355 e. The molecule has 2 N–H and O–H groups in total. The summed E-state index contributed by atoms with van der Waals surface area (Å²) in [5, 5.41) is 8.83. The Morgan fingerprint density at radius 3 is 2.78 bits per heavy atom. The average Bonchev–Trinajstić information content (AvgIpc) is 2.38. The molecule has 1 aromatic rings. The lowest BCUT2D eigenvalue weighted by Crippen LogP contribution is -2.40. The molecule has 4 nitrogen and oxygen atoms in total. The van der Waals surface area contributed by atoms with Gasteiger partial charge in [-0.25, -0.2) is 0 Å². The van der Waals surface area contributed by atoms with E-state index in [-0.39, 0.29) is 0 Å². The van der Waals surface area contributed by atoms with Crippen molar-refractivity contribution in [3.8, 4) is 0 Å². The van der Waals surface area contributed by atoms with Gasteiger partial charge in [0.05, 0.1) is 5.69 Å². The zero-order valence-corrected chi connectivity index (χ0v) is 11.1. The monoisotopic (exact) mass is 246 g/mol. The Kier molecular flexibility index (Phi) is 3.20. The van der Waals surface area contributed by atoms with Gasteiger partial charge in [-0.1, -0.05) is 6.92 Å². The van der Waals surface area contributed by atoms with Gasteiger partial charge in [0.1, 0.15) is 0 Å². The van der Waals surface area contributed by atoms with Gasteiger partial charge in [-0.15, -0.1) is 5.10 Å². The van der Waals surface area contributed by atoms with Crippen molar-refractivity contribution in [1.29, 1.82) is 0 Å². The third kappa shape index (κ3) is 2.34. The van der Waals surface area contributed by atoms with Gasteiger partial charge in [-0.3, -0.25) is 0 Å². The summed E-state index contributed by atoms with van der Waals surface area (Å²) in [6, 6.07) is 2.63. The molecule has 0 amide bonds. The van der Waals surface area contributed by atoms with Crippen molar-refractivity contribution in [3.63, 3.8) is 0 Å². The van der Waals surface area contributed by atoms with Crippen LogP contribution in [0.4, 0.5) is 5.82 Å². The van der Waals surface area contributed by atoms with E-state index >= 15 is 0 Å². The van der Waals surface area contributed by atoms with E-state index in [1.165, 1.54) is 17.7 Å². The molecule has 0 aromatic carbocycles. The van der Waals surface area contributed by atoms with Crippen LogP contribution < -0.4 is 10.6 Å². The van der Waals surface area contributed by atoms with Crippen molar-refractivity contribution in [3.05, 3.63) is 17.3 Å². The molecule has 1 fully saturated rings. The van der Waals surface area contributed by atoms with E-state index in [1.54, 1.807) is 0 Å². The standard InChI is InChI=1S/C14H22N4/c1-10-2-3-13-11(8-10)9-14(17-16-13)18-6-4-12(15)5-7-18/h9-10,12H,2-8,15H2,1H3/t10-/m1/s1. The molecular weight excluding hydrogens is 224 g/mol. The van der Waals surface area contributed by atoms with E-state index in [9.17, 15) is 0 Å². The highest BCUT2D eigenvalue weighted by Crippen LogP contribution is 2.26. The van der Waals surface area contributed by atoms with Crippen LogP contribution in [-0.2, 0) is 12.8 Å². The minimum Gasteiger partial charge on any atom is -0.355 e. The zero-order valence-electron chi connectivity index (χ0n) is 11.1. The second-order valence-corrected chi connectivity index (χ2v) is 5.85. The number of rotatable bonds is 1. The van der Waals surface area contributed by atoms with Crippen molar-refractivity contribution in [2.24, 2.45) is 11.7 Å². The normalized spacial score (nSPS) is 25.0. The van der Waals surface area contributed by atoms with Crippen LogP contribution >= 0.6 is 0 Å². The molecule has 2 aliphatic rings. The maximum atomic E-state index is 5.94. The summed E-state index contributed by atoms with van der Waals surface area (Å²) in [6.07, 6.45) is 5.63. The average molecular weight is 246 g/mol. The maximum absolute atomic E-state index is 5.94. The Morgan fingerprint density at radius 2 is 2.00 bits per heavy atom. The highest BCUT2D eigenvalue weighted by atomic mass is 15.3. The molecule has 1 aliphatic carbocycles. The molecule has 0 bridgehead atoms. The first-order valence-electron chi connectivity index (χ1n) is 7.08. The van der Waals surface area contributed by atoms with Gasteiger partial charge < -0.3 is 10.6 Å². The summed E-state index contributed by atoms with van der Waals surface area (Å²) in [6.45, 7) is 4.36. The van der Waals surface area contributed by atoms with Crippen LogP contribution in [0, 0.1) is 5.92 Å². The summed E-state index contributed by atoms with van der Waals surface area (Å²) < 4.78 is 0. The number of piperidine rings is 1. The molecule has 0 saturated carbocycles.